The molecule has 0 bridgehead atoms. The minimum Gasteiger partial charge on any atom is -0.403 e. The number of benzene rings is 1. The third kappa shape index (κ3) is 5.51. The minimum atomic E-state index is -4.47. The van der Waals surface area contributed by atoms with Gasteiger partial charge in [-0.05, 0) is 54.7 Å². The second-order valence-corrected chi connectivity index (χ2v) is 10.5. The van der Waals surface area contributed by atoms with Crippen LogP contribution in [0.2, 0.25) is 0 Å². The summed E-state index contributed by atoms with van der Waals surface area (Å²) >= 11 is 0. The average molecular weight is 510 g/mol. The number of nitrogens with zero attached hydrogens (tertiary/aromatic N) is 4. The average Bonchev–Trinajstić information content (AvgIpc) is 3.26. The summed E-state index contributed by atoms with van der Waals surface area (Å²) in [6, 6.07) is 6.41. The van der Waals surface area contributed by atoms with Crippen molar-refractivity contribution in [2.75, 3.05) is 18.4 Å². The number of pyridine rings is 1. The standard InChI is InChI=1S/C22H22F3N5O4S/c1-13-9-14(2)12-30(11-13)35(32,33)18-8-5-16(10-26-18)19(31)27-21-29-28-20(34-21)15-3-6-17(7-4-15)22(23,24)25/h3-8,10,13-14H,9,11-12H2,1-2H3,(H,27,29,31)/t13-,14+. The zero-order valence-electron chi connectivity index (χ0n) is 18.8. The molecule has 1 aliphatic rings. The number of carbonyl (C=O) groups is 1. The van der Waals surface area contributed by atoms with Crippen molar-refractivity contribution in [2.45, 2.75) is 31.5 Å². The first-order valence-corrected chi connectivity index (χ1v) is 12.2. The first-order chi connectivity index (χ1) is 16.4. The molecule has 1 amide bonds. The van der Waals surface area contributed by atoms with Crippen LogP contribution in [-0.4, -0.2) is 46.9 Å². The van der Waals surface area contributed by atoms with E-state index in [0.717, 1.165) is 24.8 Å². The van der Waals surface area contributed by atoms with Crippen LogP contribution in [0.5, 0.6) is 0 Å². The Morgan fingerprint density at radius 3 is 2.29 bits per heavy atom. The maximum atomic E-state index is 12.9. The first-order valence-electron chi connectivity index (χ1n) is 10.7. The third-order valence-corrected chi connectivity index (χ3v) is 7.29. The zero-order valence-corrected chi connectivity index (χ0v) is 19.6. The molecule has 1 saturated heterocycles. The molecule has 0 spiro atoms. The number of hydrogen-bond acceptors (Lipinski definition) is 7. The molecule has 1 aliphatic heterocycles. The molecule has 1 aromatic carbocycles. The Bertz CT molecular complexity index is 1300. The number of nitrogens with one attached hydrogen (secondary N) is 1. The number of alkyl halides is 3. The predicted octanol–water partition coefficient (Wildman–Crippen LogP) is 4.07. The van der Waals surface area contributed by atoms with Gasteiger partial charge in [0.15, 0.2) is 5.03 Å². The van der Waals surface area contributed by atoms with Crippen molar-refractivity contribution >= 4 is 21.9 Å². The molecule has 0 unspecified atom stereocenters. The summed E-state index contributed by atoms with van der Waals surface area (Å²) in [6.45, 7) is 4.82. The van der Waals surface area contributed by atoms with Crippen LogP contribution in [0.3, 0.4) is 0 Å². The predicted molar refractivity (Wildman–Crippen MR) is 119 cm³/mol. The Kier molecular flexibility index (Phi) is 6.64. The summed E-state index contributed by atoms with van der Waals surface area (Å²) < 4.78 is 70.7. The van der Waals surface area contributed by atoms with Crippen LogP contribution in [0.15, 0.2) is 52.0 Å². The normalized spacial score (nSPS) is 19.5. The number of rotatable bonds is 5. The highest BCUT2D eigenvalue weighted by molar-refractivity contribution is 7.89. The molecule has 4 rings (SSSR count). The topological polar surface area (TPSA) is 118 Å². The summed E-state index contributed by atoms with van der Waals surface area (Å²) in [6.07, 6.45) is -2.39. The molecular formula is C22H22F3N5O4S. The molecule has 0 aliphatic carbocycles. The largest absolute Gasteiger partial charge is 0.416 e. The second kappa shape index (κ2) is 9.38. The van der Waals surface area contributed by atoms with Gasteiger partial charge in [-0.2, -0.15) is 17.5 Å². The van der Waals surface area contributed by atoms with Gasteiger partial charge < -0.3 is 4.42 Å². The zero-order chi connectivity index (χ0) is 25.4. The van der Waals surface area contributed by atoms with Gasteiger partial charge in [0.05, 0.1) is 11.1 Å². The van der Waals surface area contributed by atoms with Gasteiger partial charge in [0.1, 0.15) is 0 Å². The third-order valence-electron chi connectivity index (χ3n) is 5.54. The fraction of sp³-hybridized carbons (Fsp3) is 0.364. The van der Waals surface area contributed by atoms with E-state index >= 15 is 0 Å². The van der Waals surface area contributed by atoms with Crippen molar-refractivity contribution in [1.82, 2.24) is 19.5 Å². The number of aromatic nitrogens is 3. The fourth-order valence-electron chi connectivity index (χ4n) is 3.96. The first kappa shape index (κ1) is 24.8. The molecule has 2 aromatic heterocycles. The molecule has 9 nitrogen and oxygen atoms in total. The van der Waals surface area contributed by atoms with Crippen LogP contribution < -0.4 is 5.32 Å². The highest BCUT2D eigenvalue weighted by Gasteiger charge is 2.33. The Balaban J connectivity index is 1.43. The van der Waals surface area contributed by atoms with E-state index in [-0.39, 0.29) is 39.9 Å². The quantitative estimate of drug-likeness (QED) is 0.551. The number of halogens is 3. The van der Waals surface area contributed by atoms with Gasteiger partial charge in [0.2, 0.25) is 5.89 Å². The van der Waals surface area contributed by atoms with E-state index in [9.17, 15) is 26.4 Å². The van der Waals surface area contributed by atoms with E-state index < -0.39 is 27.7 Å². The Hall–Kier alpha value is -3.32. The molecule has 1 N–H and O–H groups in total. The van der Waals surface area contributed by atoms with E-state index in [2.05, 4.69) is 20.5 Å². The molecule has 3 aromatic rings. The van der Waals surface area contributed by atoms with Gasteiger partial charge in [0.25, 0.3) is 15.9 Å². The second-order valence-electron chi connectivity index (χ2n) is 8.59. The molecule has 0 saturated carbocycles. The number of amides is 1. The van der Waals surface area contributed by atoms with E-state index in [0.29, 0.717) is 13.1 Å². The molecule has 3 heterocycles. The number of carbonyl (C=O) groups excluding carboxylic acids is 1. The highest BCUT2D eigenvalue weighted by atomic mass is 32.2. The van der Waals surface area contributed by atoms with Crippen LogP contribution in [0.1, 0.15) is 36.2 Å². The van der Waals surface area contributed by atoms with Gasteiger partial charge in [-0.25, -0.2) is 13.4 Å². The lowest BCUT2D eigenvalue weighted by atomic mass is 9.94. The number of sulfonamides is 1. The lowest BCUT2D eigenvalue weighted by molar-refractivity contribution is -0.137. The molecule has 0 radical (unpaired) electrons. The Morgan fingerprint density at radius 2 is 1.71 bits per heavy atom. The minimum absolute atomic E-state index is 0.0543. The summed E-state index contributed by atoms with van der Waals surface area (Å²) in [5.74, 6) is -0.288. The van der Waals surface area contributed by atoms with Crippen molar-refractivity contribution in [2.24, 2.45) is 11.8 Å². The summed E-state index contributed by atoms with van der Waals surface area (Å²) in [7, 11) is -3.79. The molecule has 2 atom stereocenters. The highest BCUT2D eigenvalue weighted by Crippen LogP contribution is 2.31. The smallest absolute Gasteiger partial charge is 0.403 e. The van der Waals surface area contributed by atoms with Gasteiger partial charge in [-0.1, -0.05) is 18.9 Å². The van der Waals surface area contributed by atoms with Gasteiger partial charge in [-0.3, -0.25) is 10.1 Å². The molecular weight excluding hydrogens is 487 g/mol. The van der Waals surface area contributed by atoms with Gasteiger partial charge in [0, 0.05) is 24.8 Å². The SMILES string of the molecule is C[C@@H]1C[C@H](C)CN(S(=O)(=O)c2ccc(C(=O)Nc3nnc(-c4ccc(C(F)(F)F)cc4)o3)cn2)C1. The Labute approximate surface area is 199 Å². The van der Waals surface area contributed by atoms with Crippen LogP contribution in [0.4, 0.5) is 19.2 Å². The van der Waals surface area contributed by atoms with Crippen LogP contribution in [-0.2, 0) is 16.2 Å². The Morgan fingerprint density at radius 1 is 1.06 bits per heavy atom. The number of hydrogen-bond donors (Lipinski definition) is 1. The number of piperidine rings is 1. The van der Waals surface area contributed by atoms with Gasteiger partial charge in [-0.15, -0.1) is 5.10 Å². The molecule has 35 heavy (non-hydrogen) atoms. The van der Waals surface area contributed by atoms with Crippen molar-refractivity contribution in [3.8, 4) is 11.5 Å². The van der Waals surface area contributed by atoms with Crippen molar-refractivity contribution < 1.29 is 30.8 Å². The fourth-order valence-corrected chi connectivity index (χ4v) is 5.55. The van der Waals surface area contributed by atoms with Gasteiger partial charge >= 0.3 is 12.2 Å². The molecule has 1 fully saturated rings. The van der Waals surface area contributed by atoms with Crippen molar-refractivity contribution in [3.05, 3.63) is 53.7 Å². The van der Waals surface area contributed by atoms with E-state index in [1.54, 1.807) is 0 Å². The summed E-state index contributed by atoms with van der Waals surface area (Å²) in [5.41, 5.74) is -0.529. The van der Waals surface area contributed by atoms with Crippen molar-refractivity contribution in [3.63, 3.8) is 0 Å². The van der Waals surface area contributed by atoms with E-state index in [1.807, 2.05) is 13.8 Å². The number of anilines is 1. The maximum Gasteiger partial charge on any atom is 0.416 e. The molecule has 13 heteroatoms. The summed E-state index contributed by atoms with van der Waals surface area (Å²) in [5, 5.41) is 9.59. The molecule has 186 valence electrons. The van der Waals surface area contributed by atoms with Crippen molar-refractivity contribution in [1.29, 1.82) is 0 Å². The monoisotopic (exact) mass is 509 g/mol. The summed E-state index contributed by atoms with van der Waals surface area (Å²) in [4.78, 5) is 16.5. The maximum absolute atomic E-state index is 12.9. The lowest BCUT2D eigenvalue weighted by Crippen LogP contribution is -2.42. The van der Waals surface area contributed by atoms with Crippen LogP contribution in [0.25, 0.3) is 11.5 Å². The van der Waals surface area contributed by atoms with E-state index in [1.165, 1.54) is 28.6 Å². The van der Waals surface area contributed by atoms with Crippen LogP contribution in [0, 0.1) is 11.8 Å². The van der Waals surface area contributed by atoms with E-state index in [4.69, 9.17) is 4.42 Å². The van der Waals surface area contributed by atoms with Crippen LogP contribution >= 0.6 is 0 Å². The lowest BCUT2D eigenvalue weighted by Gasteiger charge is -2.33.